The molecule has 7 heteroatoms. The minimum atomic E-state index is -2.12. The normalized spacial score (nSPS) is 18.7. The highest BCUT2D eigenvalue weighted by atomic mass is 28.4. The van der Waals surface area contributed by atoms with Crippen molar-refractivity contribution in [2.75, 3.05) is 14.2 Å². The summed E-state index contributed by atoms with van der Waals surface area (Å²) in [5, 5.41) is 0.141. The number of hydrogen-bond donors (Lipinski definition) is 0. The summed E-state index contributed by atoms with van der Waals surface area (Å²) in [4.78, 5) is 12.0. The lowest BCUT2D eigenvalue weighted by Crippen LogP contribution is -2.51. The van der Waals surface area contributed by atoms with Crippen molar-refractivity contribution >= 4 is 22.6 Å². The zero-order valence-corrected chi connectivity index (χ0v) is 30.4. The Kier molecular flexibility index (Phi) is 15.7. The van der Waals surface area contributed by atoms with E-state index in [0.29, 0.717) is 5.92 Å². The molecule has 0 saturated heterocycles. The molecule has 0 aliphatic carbocycles. The van der Waals surface area contributed by atoms with E-state index in [-0.39, 0.29) is 46.2 Å². The lowest BCUT2D eigenvalue weighted by molar-refractivity contribution is -0.134. The standard InChI is InChI=1S/C32H64O5Si2/c1-17-19-20-24(3)30(35-12)25(4)27(36-38(13,14)31(5,6)7)23-28(37-39(15,16)32(8,9)10)26(18-2)21-22-29(33)34-11/h17,19,21-22,24-28,30H,18,20,23H2,1-16H3/b19-17+,22-21-/t24-,25-,26+,27+,28+,30+/m0/s1. The van der Waals surface area contributed by atoms with Crippen molar-refractivity contribution in [1.82, 2.24) is 0 Å². The molecule has 0 rings (SSSR count). The van der Waals surface area contributed by atoms with Gasteiger partial charge in [0.05, 0.1) is 25.4 Å². The molecule has 230 valence electrons. The molecule has 39 heavy (non-hydrogen) atoms. The maximum Gasteiger partial charge on any atom is 0.330 e. The second kappa shape index (κ2) is 16.0. The Balaban J connectivity index is 6.73. The Hall–Kier alpha value is -0.736. The Labute approximate surface area is 244 Å². The Bertz CT molecular complexity index is 776. The monoisotopic (exact) mass is 584 g/mol. The first-order valence-electron chi connectivity index (χ1n) is 14.9. The molecule has 0 bridgehead atoms. The molecular formula is C32H64O5Si2. The Morgan fingerprint density at radius 2 is 1.36 bits per heavy atom. The van der Waals surface area contributed by atoms with E-state index in [9.17, 15) is 4.79 Å². The summed E-state index contributed by atoms with van der Waals surface area (Å²) in [5.74, 6) is 0.251. The van der Waals surface area contributed by atoms with Gasteiger partial charge in [0.2, 0.25) is 0 Å². The van der Waals surface area contributed by atoms with Crippen LogP contribution < -0.4 is 0 Å². The fourth-order valence-electron chi connectivity index (χ4n) is 4.47. The summed E-state index contributed by atoms with van der Waals surface area (Å²) < 4.78 is 25.5. The largest absolute Gasteiger partial charge is 0.466 e. The van der Waals surface area contributed by atoms with Crippen LogP contribution in [0.2, 0.25) is 36.3 Å². The maximum absolute atomic E-state index is 12.0. The fourth-order valence-corrected chi connectivity index (χ4v) is 7.28. The van der Waals surface area contributed by atoms with Gasteiger partial charge in [0, 0.05) is 25.0 Å². The minimum Gasteiger partial charge on any atom is -0.466 e. The van der Waals surface area contributed by atoms with Crippen LogP contribution in [0, 0.1) is 17.8 Å². The Morgan fingerprint density at radius 3 is 1.74 bits per heavy atom. The van der Waals surface area contributed by atoms with E-state index in [1.807, 2.05) is 13.2 Å². The molecule has 0 N–H and O–H groups in total. The summed E-state index contributed by atoms with van der Waals surface area (Å²) in [5.41, 5.74) is 0. The molecule has 5 nitrogen and oxygen atoms in total. The molecule has 0 aromatic rings. The third-order valence-corrected chi connectivity index (χ3v) is 18.3. The quantitative estimate of drug-likeness (QED) is 0.0783. The third kappa shape index (κ3) is 12.0. The van der Waals surface area contributed by atoms with Gasteiger partial charge in [-0.2, -0.15) is 0 Å². The lowest BCUT2D eigenvalue weighted by Gasteiger charge is -2.46. The van der Waals surface area contributed by atoms with Gasteiger partial charge in [-0.15, -0.1) is 0 Å². The minimum absolute atomic E-state index is 0.0424. The van der Waals surface area contributed by atoms with E-state index in [1.165, 1.54) is 7.11 Å². The third-order valence-electron chi connectivity index (χ3n) is 9.28. The van der Waals surface area contributed by atoms with E-state index in [4.69, 9.17) is 18.3 Å². The average Bonchev–Trinajstić information content (AvgIpc) is 2.80. The first-order valence-corrected chi connectivity index (χ1v) is 20.8. The zero-order valence-electron chi connectivity index (χ0n) is 28.4. The molecule has 0 aliphatic rings. The van der Waals surface area contributed by atoms with E-state index in [2.05, 4.69) is 108 Å². The van der Waals surface area contributed by atoms with Crippen LogP contribution in [0.4, 0.5) is 0 Å². The lowest BCUT2D eigenvalue weighted by atomic mass is 9.83. The molecular weight excluding hydrogens is 521 g/mol. The van der Waals surface area contributed by atoms with Crippen LogP contribution in [0.5, 0.6) is 0 Å². The van der Waals surface area contributed by atoms with Gasteiger partial charge in [-0.05, 0) is 68.4 Å². The van der Waals surface area contributed by atoms with Crippen LogP contribution in [0.3, 0.4) is 0 Å². The van der Waals surface area contributed by atoms with Crippen molar-refractivity contribution in [2.24, 2.45) is 17.8 Å². The van der Waals surface area contributed by atoms with Gasteiger partial charge in [0.1, 0.15) is 0 Å². The van der Waals surface area contributed by atoms with E-state index in [0.717, 1.165) is 19.3 Å². The van der Waals surface area contributed by atoms with Gasteiger partial charge in [0.25, 0.3) is 0 Å². The number of carbonyl (C=O) groups is 1. The van der Waals surface area contributed by atoms with Crippen molar-refractivity contribution in [2.45, 2.75) is 143 Å². The van der Waals surface area contributed by atoms with Crippen molar-refractivity contribution in [3.63, 3.8) is 0 Å². The topological polar surface area (TPSA) is 54.0 Å². The second-order valence-corrected chi connectivity index (χ2v) is 23.9. The van der Waals surface area contributed by atoms with Crippen LogP contribution in [0.25, 0.3) is 0 Å². The summed E-state index contributed by atoms with van der Waals surface area (Å²) in [6, 6.07) is 0. The van der Waals surface area contributed by atoms with Gasteiger partial charge in [-0.25, -0.2) is 4.79 Å². The molecule has 0 radical (unpaired) electrons. The van der Waals surface area contributed by atoms with E-state index >= 15 is 0 Å². The van der Waals surface area contributed by atoms with Crippen LogP contribution >= 0.6 is 0 Å². The molecule has 0 fully saturated rings. The highest BCUT2D eigenvalue weighted by Gasteiger charge is 2.45. The first-order chi connectivity index (χ1) is 17.7. The first kappa shape index (κ1) is 38.3. The molecule has 0 aliphatic heterocycles. The average molecular weight is 585 g/mol. The molecule has 0 aromatic heterocycles. The van der Waals surface area contributed by atoms with E-state index in [1.54, 1.807) is 6.08 Å². The molecule has 0 aromatic carbocycles. The SMILES string of the molecule is C/C=C/C[C@H](C)[C@@H](OC)[C@@H](C)[C@@H](C[C@@H](O[Si](C)(C)C(C)(C)C)[C@@H](/C=C\C(=O)OC)CC)O[Si](C)(C)C(C)(C)C. The summed E-state index contributed by atoms with van der Waals surface area (Å²) in [6.45, 7) is 31.8. The zero-order chi connectivity index (χ0) is 30.8. The smallest absolute Gasteiger partial charge is 0.330 e. The number of carbonyl (C=O) groups excluding carboxylic acids is 1. The van der Waals surface area contributed by atoms with Crippen molar-refractivity contribution in [1.29, 1.82) is 0 Å². The number of methoxy groups -OCH3 is 2. The molecule has 0 unspecified atom stereocenters. The number of hydrogen-bond acceptors (Lipinski definition) is 5. The van der Waals surface area contributed by atoms with Gasteiger partial charge < -0.3 is 18.3 Å². The molecule has 0 heterocycles. The van der Waals surface area contributed by atoms with Crippen LogP contribution in [-0.4, -0.2) is 55.1 Å². The highest BCUT2D eigenvalue weighted by molar-refractivity contribution is 6.74. The second-order valence-electron chi connectivity index (χ2n) is 14.4. The summed E-state index contributed by atoms with van der Waals surface area (Å²) in [7, 11) is -0.977. The fraction of sp³-hybridized carbons (Fsp3) is 0.844. The molecule has 0 amide bonds. The number of esters is 1. The number of allylic oxidation sites excluding steroid dienone is 2. The highest BCUT2D eigenvalue weighted by Crippen LogP contribution is 2.42. The van der Waals surface area contributed by atoms with Crippen molar-refractivity contribution in [3.8, 4) is 0 Å². The molecule has 0 saturated carbocycles. The van der Waals surface area contributed by atoms with Gasteiger partial charge in [0.15, 0.2) is 16.6 Å². The Morgan fingerprint density at radius 1 is 0.872 bits per heavy atom. The number of ether oxygens (including phenoxy) is 2. The summed E-state index contributed by atoms with van der Waals surface area (Å²) in [6.07, 6.45) is 10.4. The predicted molar refractivity (Wildman–Crippen MR) is 172 cm³/mol. The molecule has 6 atom stereocenters. The van der Waals surface area contributed by atoms with Crippen molar-refractivity contribution in [3.05, 3.63) is 24.3 Å². The van der Waals surface area contributed by atoms with Gasteiger partial charge in [-0.3, -0.25) is 0 Å². The van der Waals surface area contributed by atoms with Gasteiger partial charge >= 0.3 is 5.97 Å². The predicted octanol–water partition coefficient (Wildman–Crippen LogP) is 9.17. The van der Waals surface area contributed by atoms with Crippen LogP contribution in [0.1, 0.15) is 88.5 Å². The van der Waals surface area contributed by atoms with Crippen molar-refractivity contribution < 1.29 is 23.1 Å². The van der Waals surface area contributed by atoms with Crippen LogP contribution in [-0.2, 0) is 23.1 Å². The maximum atomic E-state index is 12.0. The van der Waals surface area contributed by atoms with Crippen LogP contribution in [0.15, 0.2) is 24.3 Å². The number of rotatable bonds is 16. The molecule has 0 spiro atoms. The van der Waals surface area contributed by atoms with E-state index < -0.39 is 16.6 Å². The summed E-state index contributed by atoms with van der Waals surface area (Å²) >= 11 is 0. The van der Waals surface area contributed by atoms with Gasteiger partial charge in [-0.1, -0.05) is 80.5 Å².